The maximum atomic E-state index is 12.3. The van der Waals surface area contributed by atoms with Crippen molar-refractivity contribution in [2.75, 3.05) is 0 Å². The van der Waals surface area contributed by atoms with E-state index in [0.29, 0.717) is 6.54 Å². The van der Waals surface area contributed by atoms with Gasteiger partial charge in [-0.3, -0.25) is 9.78 Å². The molecule has 2 aromatic rings. The van der Waals surface area contributed by atoms with Crippen LogP contribution in [0.5, 0.6) is 0 Å². The van der Waals surface area contributed by atoms with Crippen LogP contribution in [0.15, 0.2) is 30.6 Å². The Hall–Kier alpha value is -1.68. The SMILES string of the molecule is CCC1CCc2sc(C(=O)NCc3ccncc3)cc2C1. The van der Waals surface area contributed by atoms with Crippen LogP contribution in [0.2, 0.25) is 0 Å². The second-order valence-electron chi connectivity index (χ2n) is 5.61. The van der Waals surface area contributed by atoms with E-state index in [-0.39, 0.29) is 5.91 Å². The molecule has 2 aromatic heterocycles. The summed E-state index contributed by atoms with van der Waals surface area (Å²) in [5, 5.41) is 2.99. The van der Waals surface area contributed by atoms with Gasteiger partial charge in [0.1, 0.15) is 0 Å². The van der Waals surface area contributed by atoms with Crippen LogP contribution in [0.4, 0.5) is 0 Å². The molecule has 0 saturated carbocycles. The second kappa shape index (κ2) is 6.39. The lowest BCUT2D eigenvalue weighted by molar-refractivity contribution is 0.0955. The van der Waals surface area contributed by atoms with Crippen molar-refractivity contribution in [2.45, 2.75) is 39.2 Å². The largest absolute Gasteiger partial charge is 0.347 e. The fourth-order valence-electron chi connectivity index (χ4n) is 2.83. The highest BCUT2D eigenvalue weighted by molar-refractivity contribution is 7.14. The van der Waals surface area contributed by atoms with Crippen molar-refractivity contribution >= 4 is 17.2 Å². The number of hydrogen-bond donors (Lipinski definition) is 1. The number of nitrogens with zero attached hydrogens (tertiary/aromatic N) is 1. The van der Waals surface area contributed by atoms with E-state index in [1.54, 1.807) is 23.7 Å². The van der Waals surface area contributed by atoms with Crippen molar-refractivity contribution in [3.8, 4) is 0 Å². The summed E-state index contributed by atoms with van der Waals surface area (Å²) in [5.41, 5.74) is 2.47. The van der Waals surface area contributed by atoms with Crippen LogP contribution in [-0.4, -0.2) is 10.9 Å². The molecular formula is C17H20N2OS. The van der Waals surface area contributed by atoms with E-state index < -0.39 is 0 Å². The van der Waals surface area contributed by atoms with Gasteiger partial charge in [-0.15, -0.1) is 11.3 Å². The van der Waals surface area contributed by atoms with Gasteiger partial charge in [-0.2, -0.15) is 0 Å². The van der Waals surface area contributed by atoms with Gasteiger partial charge >= 0.3 is 0 Å². The molecule has 0 radical (unpaired) electrons. The Kier molecular flexibility index (Phi) is 4.34. The topological polar surface area (TPSA) is 42.0 Å². The van der Waals surface area contributed by atoms with E-state index in [0.717, 1.165) is 29.2 Å². The molecule has 0 bridgehead atoms. The summed E-state index contributed by atoms with van der Waals surface area (Å²) in [4.78, 5) is 18.5. The van der Waals surface area contributed by atoms with Gasteiger partial charge in [-0.25, -0.2) is 0 Å². The molecule has 21 heavy (non-hydrogen) atoms. The first-order chi connectivity index (χ1) is 10.3. The monoisotopic (exact) mass is 300 g/mol. The highest BCUT2D eigenvalue weighted by Crippen LogP contribution is 2.33. The number of amides is 1. The van der Waals surface area contributed by atoms with E-state index in [4.69, 9.17) is 0 Å². The number of aromatic nitrogens is 1. The van der Waals surface area contributed by atoms with E-state index in [2.05, 4.69) is 23.3 Å². The fraction of sp³-hybridized carbons (Fsp3) is 0.412. The third-order valence-electron chi connectivity index (χ3n) is 4.19. The molecule has 2 heterocycles. The molecule has 3 rings (SSSR count). The molecule has 0 aliphatic heterocycles. The number of carbonyl (C=O) groups is 1. The third kappa shape index (κ3) is 3.32. The molecule has 0 fully saturated rings. The van der Waals surface area contributed by atoms with Gasteiger partial charge in [0.05, 0.1) is 4.88 Å². The van der Waals surface area contributed by atoms with Crippen molar-refractivity contribution in [1.29, 1.82) is 0 Å². The van der Waals surface area contributed by atoms with Crippen LogP contribution >= 0.6 is 11.3 Å². The standard InChI is InChI=1S/C17H20N2OS/c1-2-12-3-4-15-14(9-12)10-16(21-15)17(20)19-11-13-5-7-18-8-6-13/h5-8,10,12H,2-4,9,11H2,1H3,(H,19,20). The minimum absolute atomic E-state index is 0.0410. The smallest absolute Gasteiger partial charge is 0.261 e. The summed E-state index contributed by atoms with van der Waals surface area (Å²) in [6.07, 6.45) is 8.27. The number of pyridine rings is 1. The molecule has 0 spiro atoms. The molecule has 3 nitrogen and oxygen atoms in total. The van der Waals surface area contributed by atoms with E-state index in [1.807, 2.05) is 12.1 Å². The molecule has 1 amide bonds. The number of hydrogen-bond acceptors (Lipinski definition) is 3. The van der Waals surface area contributed by atoms with Crippen LogP contribution in [0, 0.1) is 5.92 Å². The maximum Gasteiger partial charge on any atom is 0.261 e. The Balaban J connectivity index is 1.65. The summed E-state index contributed by atoms with van der Waals surface area (Å²) in [6, 6.07) is 5.95. The normalized spacial score (nSPS) is 17.3. The Morgan fingerprint density at radius 1 is 1.43 bits per heavy atom. The summed E-state index contributed by atoms with van der Waals surface area (Å²) >= 11 is 1.67. The Morgan fingerprint density at radius 3 is 3.00 bits per heavy atom. The average molecular weight is 300 g/mol. The number of carbonyl (C=O) groups excluding carboxylic acids is 1. The zero-order chi connectivity index (χ0) is 14.7. The van der Waals surface area contributed by atoms with Gasteiger partial charge in [-0.1, -0.05) is 13.3 Å². The van der Waals surface area contributed by atoms with Gasteiger partial charge in [-0.05, 0) is 54.5 Å². The number of aryl methyl sites for hydroxylation is 1. The lowest BCUT2D eigenvalue weighted by atomic mass is 9.87. The van der Waals surface area contributed by atoms with Crippen molar-refractivity contribution in [3.05, 3.63) is 51.5 Å². The van der Waals surface area contributed by atoms with Crippen LogP contribution in [0.1, 0.15) is 45.4 Å². The number of thiophene rings is 1. The molecule has 1 unspecified atom stereocenters. The first-order valence-electron chi connectivity index (χ1n) is 7.55. The Morgan fingerprint density at radius 2 is 2.24 bits per heavy atom. The molecule has 1 aliphatic rings. The first-order valence-corrected chi connectivity index (χ1v) is 8.36. The van der Waals surface area contributed by atoms with Crippen molar-refractivity contribution < 1.29 is 4.79 Å². The van der Waals surface area contributed by atoms with Crippen LogP contribution in [0.3, 0.4) is 0 Å². The van der Waals surface area contributed by atoms with E-state index in [9.17, 15) is 4.79 Å². The minimum atomic E-state index is 0.0410. The van der Waals surface area contributed by atoms with Crippen LogP contribution < -0.4 is 5.32 Å². The zero-order valence-electron chi connectivity index (χ0n) is 12.3. The first kappa shape index (κ1) is 14.3. The summed E-state index contributed by atoms with van der Waals surface area (Å²) in [6.45, 7) is 2.81. The van der Waals surface area contributed by atoms with Gasteiger partial charge in [0.25, 0.3) is 5.91 Å². The minimum Gasteiger partial charge on any atom is -0.347 e. The average Bonchev–Trinajstić information content (AvgIpc) is 2.96. The Labute approximate surface area is 129 Å². The summed E-state index contributed by atoms with van der Waals surface area (Å²) in [7, 11) is 0. The number of nitrogens with one attached hydrogen (secondary N) is 1. The van der Waals surface area contributed by atoms with Gasteiger partial charge in [0, 0.05) is 23.8 Å². The third-order valence-corrected chi connectivity index (χ3v) is 5.42. The maximum absolute atomic E-state index is 12.3. The van der Waals surface area contributed by atoms with E-state index in [1.165, 1.54) is 23.3 Å². The Bertz CT molecular complexity index is 621. The van der Waals surface area contributed by atoms with Crippen LogP contribution in [0.25, 0.3) is 0 Å². The van der Waals surface area contributed by atoms with Gasteiger partial charge in [0.15, 0.2) is 0 Å². The molecule has 0 saturated heterocycles. The lowest BCUT2D eigenvalue weighted by Gasteiger charge is -2.19. The molecule has 1 atom stereocenters. The highest BCUT2D eigenvalue weighted by atomic mass is 32.1. The summed E-state index contributed by atoms with van der Waals surface area (Å²) < 4.78 is 0. The fourth-order valence-corrected chi connectivity index (χ4v) is 3.95. The number of fused-ring (bicyclic) bond motifs is 1. The molecule has 1 aliphatic carbocycles. The number of rotatable bonds is 4. The molecule has 110 valence electrons. The highest BCUT2D eigenvalue weighted by Gasteiger charge is 2.21. The van der Waals surface area contributed by atoms with Gasteiger partial charge < -0.3 is 5.32 Å². The van der Waals surface area contributed by atoms with Crippen LogP contribution in [-0.2, 0) is 19.4 Å². The molecular weight excluding hydrogens is 280 g/mol. The van der Waals surface area contributed by atoms with Crippen molar-refractivity contribution in [2.24, 2.45) is 5.92 Å². The van der Waals surface area contributed by atoms with Crippen molar-refractivity contribution in [3.63, 3.8) is 0 Å². The molecule has 1 N–H and O–H groups in total. The second-order valence-corrected chi connectivity index (χ2v) is 6.75. The van der Waals surface area contributed by atoms with E-state index >= 15 is 0 Å². The predicted octanol–water partition coefficient (Wildman–Crippen LogP) is 3.59. The quantitative estimate of drug-likeness (QED) is 0.937. The zero-order valence-corrected chi connectivity index (χ0v) is 13.1. The molecule has 4 heteroatoms. The molecule has 0 aromatic carbocycles. The predicted molar refractivity (Wildman–Crippen MR) is 85.5 cm³/mol. The lowest BCUT2D eigenvalue weighted by Crippen LogP contribution is -2.21. The summed E-state index contributed by atoms with van der Waals surface area (Å²) in [5.74, 6) is 0.832. The van der Waals surface area contributed by atoms with Gasteiger partial charge in [0.2, 0.25) is 0 Å². The van der Waals surface area contributed by atoms with Crippen molar-refractivity contribution in [1.82, 2.24) is 10.3 Å².